The van der Waals surface area contributed by atoms with Crippen molar-refractivity contribution in [3.63, 3.8) is 0 Å². The lowest BCUT2D eigenvalue weighted by Crippen LogP contribution is -2.04. The van der Waals surface area contributed by atoms with Crippen molar-refractivity contribution in [1.29, 1.82) is 0 Å². The fraction of sp³-hybridized carbons (Fsp3) is 0.105. The second-order valence-electron chi connectivity index (χ2n) is 6.10. The van der Waals surface area contributed by atoms with Gasteiger partial charge in [-0.15, -0.1) is 10.2 Å². The van der Waals surface area contributed by atoms with Gasteiger partial charge in [0.1, 0.15) is 11.8 Å². The number of aromatic nitrogens is 2. The van der Waals surface area contributed by atoms with Gasteiger partial charge in [-0.05, 0) is 24.6 Å². The normalized spacial score (nSPS) is 11.7. The van der Waals surface area contributed by atoms with Crippen LogP contribution in [0, 0.1) is 6.92 Å². The Bertz CT molecular complexity index is 1290. The maximum atomic E-state index is 12.8. The summed E-state index contributed by atoms with van der Waals surface area (Å²) in [6, 6.07) is 14.2. The highest BCUT2D eigenvalue weighted by Crippen LogP contribution is 2.27. The first-order chi connectivity index (χ1) is 12.9. The average Bonchev–Trinajstić information content (AvgIpc) is 3.14. The highest BCUT2D eigenvalue weighted by Gasteiger charge is 2.23. The van der Waals surface area contributed by atoms with Crippen molar-refractivity contribution in [3.05, 3.63) is 76.1 Å². The van der Waals surface area contributed by atoms with Crippen molar-refractivity contribution in [2.45, 2.75) is 17.0 Å². The Morgan fingerprint density at radius 2 is 1.85 bits per heavy atom. The van der Waals surface area contributed by atoms with Crippen LogP contribution in [0.4, 0.5) is 0 Å². The van der Waals surface area contributed by atoms with Gasteiger partial charge in [-0.1, -0.05) is 53.3 Å². The number of sulfone groups is 1. The molecule has 0 aliphatic heterocycles. The van der Waals surface area contributed by atoms with E-state index in [2.05, 4.69) is 10.2 Å². The number of hydrogen-bond donors (Lipinski definition) is 0. The van der Waals surface area contributed by atoms with Crippen LogP contribution in [0.3, 0.4) is 0 Å². The minimum Gasteiger partial charge on any atom is -0.463 e. The molecule has 2 heterocycles. The molecule has 0 aliphatic carbocycles. The second-order valence-corrected chi connectivity index (χ2v) is 9.24. The minimum atomic E-state index is -3.65. The van der Waals surface area contributed by atoms with Crippen LogP contribution in [-0.2, 0) is 15.6 Å². The third-order valence-electron chi connectivity index (χ3n) is 4.03. The number of rotatable bonds is 4. The summed E-state index contributed by atoms with van der Waals surface area (Å²) in [5.41, 5.74) is 2.00. The highest BCUT2D eigenvalue weighted by atomic mass is 32.2. The standard InChI is InChI=1S/C19H14N2O4S2/c1-12-7-8-16-14(9-12)17(22)15(10-25-16)18-20-21-19(26-18)27(23,24)11-13-5-3-2-4-6-13/h2-10H,11H2,1H3. The molecule has 0 fully saturated rings. The molecule has 136 valence electrons. The molecule has 27 heavy (non-hydrogen) atoms. The lowest BCUT2D eigenvalue weighted by Gasteiger charge is -2.01. The van der Waals surface area contributed by atoms with Crippen LogP contribution in [0.15, 0.2) is 68.3 Å². The topological polar surface area (TPSA) is 90.1 Å². The summed E-state index contributed by atoms with van der Waals surface area (Å²) in [4.78, 5) is 12.8. The van der Waals surface area contributed by atoms with Crippen LogP contribution in [0.5, 0.6) is 0 Å². The first-order valence-electron chi connectivity index (χ1n) is 8.07. The molecule has 4 rings (SSSR count). The highest BCUT2D eigenvalue weighted by molar-refractivity contribution is 7.92. The van der Waals surface area contributed by atoms with Crippen molar-refractivity contribution in [2.75, 3.05) is 0 Å². The van der Waals surface area contributed by atoms with E-state index in [0.717, 1.165) is 16.9 Å². The summed E-state index contributed by atoms with van der Waals surface area (Å²) >= 11 is 0.869. The van der Waals surface area contributed by atoms with Crippen molar-refractivity contribution in [2.24, 2.45) is 0 Å². The summed E-state index contributed by atoms with van der Waals surface area (Å²) < 4.78 is 30.6. The second kappa shape index (κ2) is 6.71. The minimum absolute atomic E-state index is 0.120. The van der Waals surface area contributed by atoms with E-state index in [1.54, 1.807) is 36.4 Å². The van der Waals surface area contributed by atoms with Crippen molar-refractivity contribution < 1.29 is 12.8 Å². The van der Waals surface area contributed by atoms with E-state index in [-0.39, 0.29) is 26.1 Å². The Hall–Kier alpha value is -2.84. The number of benzene rings is 2. The molecular weight excluding hydrogens is 384 g/mol. The van der Waals surface area contributed by atoms with Gasteiger partial charge in [-0.25, -0.2) is 8.42 Å². The summed E-state index contributed by atoms with van der Waals surface area (Å²) in [6.07, 6.45) is 1.30. The van der Waals surface area contributed by atoms with Crippen LogP contribution in [0.2, 0.25) is 0 Å². The number of hydrogen-bond acceptors (Lipinski definition) is 7. The molecule has 0 spiro atoms. The monoisotopic (exact) mass is 398 g/mol. The quantitative estimate of drug-likeness (QED) is 0.522. The molecule has 0 bridgehead atoms. The molecule has 6 nitrogen and oxygen atoms in total. The fourth-order valence-electron chi connectivity index (χ4n) is 2.69. The van der Waals surface area contributed by atoms with Gasteiger partial charge in [-0.3, -0.25) is 4.79 Å². The molecule has 0 saturated heterocycles. The summed E-state index contributed by atoms with van der Waals surface area (Å²) in [5, 5.41) is 8.36. The van der Waals surface area contributed by atoms with Crippen LogP contribution in [0.25, 0.3) is 21.5 Å². The van der Waals surface area contributed by atoms with Crippen molar-refractivity contribution in [1.82, 2.24) is 10.2 Å². The largest absolute Gasteiger partial charge is 0.463 e. The van der Waals surface area contributed by atoms with E-state index in [1.165, 1.54) is 6.26 Å². The zero-order chi connectivity index (χ0) is 19.0. The molecule has 0 N–H and O–H groups in total. The van der Waals surface area contributed by atoms with Crippen LogP contribution in [0.1, 0.15) is 11.1 Å². The van der Waals surface area contributed by atoms with Crippen molar-refractivity contribution >= 4 is 32.1 Å². The number of fused-ring (bicyclic) bond motifs is 1. The van der Waals surface area contributed by atoms with E-state index in [9.17, 15) is 13.2 Å². The Morgan fingerprint density at radius 3 is 2.63 bits per heavy atom. The molecule has 2 aromatic carbocycles. The summed E-state index contributed by atoms with van der Waals surface area (Å²) in [6.45, 7) is 1.88. The fourth-order valence-corrected chi connectivity index (χ4v) is 5.11. The zero-order valence-corrected chi connectivity index (χ0v) is 15.9. The van der Waals surface area contributed by atoms with Gasteiger partial charge in [0.15, 0.2) is 5.01 Å². The predicted octanol–water partition coefficient (Wildman–Crippen LogP) is 3.59. The first kappa shape index (κ1) is 17.6. The zero-order valence-electron chi connectivity index (χ0n) is 14.2. The van der Waals surface area contributed by atoms with Gasteiger partial charge >= 0.3 is 0 Å². The molecule has 4 aromatic rings. The van der Waals surface area contributed by atoms with E-state index in [0.29, 0.717) is 16.5 Å². The molecular formula is C19H14N2O4S2. The van der Waals surface area contributed by atoms with Crippen molar-refractivity contribution in [3.8, 4) is 10.6 Å². The smallest absolute Gasteiger partial charge is 0.233 e. The van der Waals surface area contributed by atoms with Crippen LogP contribution >= 0.6 is 11.3 Å². The molecule has 0 saturated carbocycles. The Morgan fingerprint density at radius 1 is 1.07 bits per heavy atom. The first-order valence-corrected chi connectivity index (χ1v) is 10.5. The molecule has 0 radical (unpaired) electrons. The molecule has 8 heteroatoms. The Labute approximate surface area is 159 Å². The molecule has 0 unspecified atom stereocenters. The Balaban J connectivity index is 1.74. The molecule has 0 amide bonds. The molecule has 0 aliphatic rings. The van der Waals surface area contributed by atoms with Gasteiger partial charge < -0.3 is 4.42 Å². The number of aryl methyl sites for hydroxylation is 1. The third kappa shape index (κ3) is 3.41. The lowest BCUT2D eigenvalue weighted by molar-refractivity contribution is 0.593. The molecule has 0 atom stereocenters. The van der Waals surface area contributed by atoms with E-state index >= 15 is 0 Å². The van der Waals surface area contributed by atoms with Crippen LogP contribution < -0.4 is 5.43 Å². The van der Waals surface area contributed by atoms with E-state index in [4.69, 9.17) is 4.42 Å². The maximum absolute atomic E-state index is 12.8. The SMILES string of the molecule is Cc1ccc2occ(-c3nnc(S(=O)(=O)Cc4ccccc4)s3)c(=O)c2c1. The van der Waals surface area contributed by atoms with E-state index < -0.39 is 9.84 Å². The van der Waals surface area contributed by atoms with Crippen LogP contribution in [-0.4, -0.2) is 18.6 Å². The average molecular weight is 398 g/mol. The van der Waals surface area contributed by atoms with Gasteiger partial charge in [0.05, 0.1) is 16.7 Å². The van der Waals surface area contributed by atoms with E-state index in [1.807, 2.05) is 19.1 Å². The number of nitrogens with zero attached hydrogens (tertiary/aromatic N) is 2. The van der Waals surface area contributed by atoms with Gasteiger partial charge in [0.25, 0.3) is 0 Å². The Kier molecular flexibility index (Phi) is 4.37. The maximum Gasteiger partial charge on any atom is 0.233 e. The summed E-state index contributed by atoms with van der Waals surface area (Å²) in [7, 11) is -3.65. The lowest BCUT2D eigenvalue weighted by atomic mass is 10.1. The van der Waals surface area contributed by atoms with Gasteiger partial charge in [0.2, 0.25) is 19.6 Å². The van der Waals surface area contributed by atoms with Gasteiger partial charge in [-0.2, -0.15) is 0 Å². The predicted molar refractivity (Wildman–Crippen MR) is 103 cm³/mol. The summed E-state index contributed by atoms with van der Waals surface area (Å²) in [5.74, 6) is -0.173. The third-order valence-corrected chi connectivity index (χ3v) is 7.12. The molecule has 2 aromatic heterocycles. The van der Waals surface area contributed by atoms with Gasteiger partial charge in [0, 0.05) is 0 Å².